The molecule has 1 aliphatic heterocycles. The molecule has 1 fully saturated rings. The molecular weight excluding hydrogens is 288 g/mol. The Morgan fingerprint density at radius 3 is 2.43 bits per heavy atom. The van der Waals surface area contributed by atoms with E-state index in [9.17, 15) is 4.79 Å². The van der Waals surface area contributed by atoms with Gasteiger partial charge in [0.25, 0.3) is 0 Å². The Morgan fingerprint density at radius 1 is 1.38 bits per heavy atom. The smallest absolute Gasteiger partial charge is 0.244 e. The summed E-state index contributed by atoms with van der Waals surface area (Å²) in [6.45, 7) is 6.29. The number of amides is 1. The second kappa shape index (κ2) is 7.80. The van der Waals surface area contributed by atoms with Crippen LogP contribution in [0.4, 0.5) is 0 Å². The topological polar surface area (TPSA) is 50.2 Å². The normalized spacial score (nSPS) is 17.7. The lowest BCUT2D eigenvalue weighted by Gasteiger charge is -2.35. The van der Waals surface area contributed by atoms with E-state index in [2.05, 4.69) is 24.3 Å². The third kappa shape index (κ3) is 4.20. The number of nitrogens with one attached hydrogen (secondary N) is 1. The second-order valence-electron chi connectivity index (χ2n) is 6.08. The van der Waals surface area contributed by atoms with Crippen molar-refractivity contribution in [2.75, 3.05) is 20.1 Å². The molecule has 0 bridgehead atoms. The van der Waals surface area contributed by atoms with Gasteiger partial charge in [-0.05, 0) is 31.7 Å². The average molecular weight is 315 g/mol. The van der Waals surface area contributed by atoms with Crippen LogP contribution in [0.15, 0.2) is 12.4 Å². The van der Waals surface area contributed by atoms with Crippen LogP contribution in [0.25, 0.3) is 0 Å². The lowest BCUT2D eigenvalue weighted by atomic mass is 9.86. The van der Waals surface area contributed by atoms with Gasteiger partial charge in [0.05, 0.1) is 6.20 Å². The van der Waals surface area contributed by atoms with E-state index in [0.717, 1.165) is 37.4 Å². The number of halogens is 1. The summed E-state index contributed by atoms with van der Waals surface area (Å²) in [6.07, 6.45) is 5.90. The molecule has 1 aromatic rings. The number of nitrogens with zero attached hydrogens (tertiary/aromatic N) is 3. The van der Waals surface area contributed by atoms with Gasteiger partial charge in [-0.1, -0.05) is 13.8 Å². The zero-order chi connectivity index (χ0) is 14.7. The first-order valence-corrected chi connectivity index (χ1v) is 7.47. The van der Waals surface area contributed by atoms with Gasteiger partial charge in [-0.25, -0.2) is 0 Å². The van der Waals surface area contributed by atoms with Crippen molar-refractivity contribution in [3.63, 3.8) is 0 Å². The first-order valence-electron chi connectivity index (χ1n) is 7.47. The predicted octanol–water partition coefficient (Wildman–Crippen LogP) is 2.00. The number of rotatable bonds is 4. The van der Waals surface area contributed by atoms with Crippen molar-refractivity contribution in [1.29, 1.82) is 0 Å². The maximum atomic E-state index is 12.6. The summed E-state index contributed by atoms with van der Waals surface area (Å²) >= 11 is 0. The van der Waals surface area contributed by atoms with Crippen LogP contribution in [0.3, 0.4) is 0 Å². The first kappa shape index (κ1) is 18.0. The number of aryl methyl sites for hydroxylation is 1. The average Bonchev–Trinajstić information content (AvgIpc) is 2.86. The van der Waals surface area contributed by atoms with Crippen LogP contribution >= 0.6 is 12.4 Å². The molecule has 2 rings (SSSR count). The summed E-state index contributed by atoms with van der Waals surface area (Å²) in [4.78, 5) is 14.6. The number of likely N-dealkylation sites (tertiary alicyclic amines) is 1. The highest BCUT2D eigenvalue weighted by Gasteiger charge is 2.29. The van der Waals surface area contributed by atoms with Gasteiger partial charge >= 0.3 is 0 Å². The summed E-state index contributed by atoms with van der Waals surface area (Å²) in [5.74, 6) is 1.64. The van der Waals surface area contributed by atoms with Crippen molar-refractivity contribution in [3.8, 4) is 0 Å². The highest BCUT2D eigenvalue weighted by molar-refractivity contribution is 5.85. The van der Waals surface area contributed by atoms with E-state index in [0.29, 0.717) is 5.92 Å². The molecule has 1 aliphatic rings. The van der Waals surface area contributed by atoms with Gasteiger partial charge in [0.1, 0.15) is 6.04 Å². The van der Waals surface area contributed by atoms with Gasteiger partial charge in [-0.2, -0.15) is 5.10 Å². The monoisotopic (exact) mass is 314 g/mol. The van der Waals surface area contributed by atoms with Crippen LogP contribution in [0.5, 0.6) is 0 Å². The molecule has 0 spiro atoms. The quantitative estimate of drug-likeness (QED) is 0.924. The SMILES string of the molecule is CNC(C(=O)N1CCC(C(C)C)CC1)c1cnn(C)c1.Cl. The van der Waals surface area contributed by atoms with E-state index in [1.165, 1.54) is 0 Å². The summed E-state index contributed by atoms with van der Waals surface area (Å²) in [7, 11) is 3.70. The van der Waals surface area contributed by atoms with E-state index in [1.807, 2.05) is 25.2 Å². The van der Waals surface area contributed by atoms with E-state index in [1.54, 1.807) is 10.9 Å². The summed E-state index contributed by atoms with van der Waals surface area (Å²) < 4.78 is 1.73. The van der Waals surface area contributed by atoms with Gasteiger partial charge in [0.2, 0.25) is 5.91 Å². The molecule has 2 heterocycles. The third-order valence-electron chi connectivity index (χ3n) is 4.39. The predicted molar refractivity (Wildman–Crippen MR) is 86.4 cm³/mol. The van der Waals surface area contributed by atoms with Gasteiger partial charge in [-0.15, -0.1) is 12.4 Å². The van der Waals surface area contributed by atoms with Crippen LogP contribution in [-0.4, -0.2) is 40.7 Å². The first-order chi connectivity index (χ1) is 9.52. The van der Waals surface area contributed by atoms with Crippen LogP contribution in [0.1, 0.15) is 38.3 Å². The Labute approximate surface area is 133 Å². The molecule has 0 aromatic carbocycles. The number of carbonyl (C=O) groups is 1. The number of likely N-dealkylation sites (N-methyl/N-ethyl adjacent to an activating group) is 1. The molecule has 1 atom stereocenters. The van der Waals surface area contributed by atoms with Gasteiger partial charge in [-0.3, -0.25) is 9.48 Å². The van der Waals surface area contributed by atoms with Crippen molar-refractivity contribution < 1.29 is 4.79 Å². The van der Waals surface area contributed by atoms with Crippen LogP contribution in [0.2, 0.25) is 0 Å². The minimum absolute atomic E-state index is 0. The van der Waals surface area contributed by atoms with E-state index in [4.69, 9.17) is 0 Å². The molecule has 1 amide bonds. The maximum Gasteiger partial charge on any atom is 0.244 e. The molecule has 0 saturated carbocycles. The van der Waals surface area contributed by atoms with E-state index >= 15 is 0 Å². The summed E-state index contributed by atoms with van der Waals surface area (Å²) in [5, 5.41) is 7.27. The fourth-order valence-corrected chi connectivity index (χ4v) is 2.99. The van der Waals surface area contributed by atoms with E-state index < -0.39 is 0 Å². The number of piperidine rings is 1. The molecular formula is C15H27ClN4O. The molecule has 5 nitrogen and oxygen atoms in total. The minimum Gasteiger partial charge on any atom is -0.341 e. The van der Waals surface area contributed by atoms with Crippen molar-refractivity contribution in [2.45, 2.75) is 32.7 Å². The van der Waals surface area contributed by atoms with Gasteiger partial charge in [0, 0.05) is 31.9 Å². The number of carbonyl (C=O) groups excluding carboxylic acids is 1. The Morgan fingerprint density at radius 2 is 2.00 bits per heavy atom. The summed E-state index contributed by atoms with van der Waals surface area (Å²) in [5.41, 5.74) is 0.936. The Bertz CT molecular complexity index is 452. The molecule has 21 heavy (non-hydrogen) atoms. The van der Waals surface area contributed by atoms with Crippen molar-refractivity contribution in [3.05, 3.63) is 18.0 Å². The number of hydrogen-bond donors (Lipinski definition) is 1. The fraction of sp³-hybridized carbons (Fsp3) is 0.733. The highest BCUT2D eigenvalue weighted by Crippen LogP contribution is 2.26. The van der Waals surface area contributed by atoms with Gasteiger partial charge in [0.15, 0.2) is 0 Å². The lowest BCUT2D eigenvalue weighted by molar-refractivity contribution is -0.135. The summed E-state index contributed by atoms with van der Waals surface area (Å²) in [6, 6.07) is -0.278. The zero-order valence-corrected chi connectivity index (χ0v) is 14.2. The maximum absolute atomic E-state index is 12.6. The Balaban J connectivity index is 0.00000220. The molecule has 120 valence electrons. The molecule has 6 heteroatoms. The van der Waals surface area contributed by atoms with Gasteiger partial charge < -0.3 is 10.2 Å². The number of hydrogen-bond acceptors (Lipinski definition) is 3. The molecule has 1 N–H and O–H groups in total. The molecule has 1 aromatic heterocycles. The molecule has 0 aliphatic carbocycles. The number of aromatic nitrogens is 2. The fourth-order valence-electron chi connectivity index (χ4n) is 2.99. The van der Waals surface area contributed by atoms with Crippen LogP contribution in [0, 0.1) is 11.8 Å². The Hall–Kier alpha value is -1.07. The van der Waals surface area contributed by atoms with Crippen molar-refractivity contribution in [2.24, 2.45) is 18.9 Å². The van der Waals surface area contributed by atoms with Crippen molar-refractivity contribution in [1.82, 2.24) is 20.0 Å². The highest BCUT2D eigenvalue weighted by atomic mass is 35.5. The molecule has 0 radical (unpaired) electrons. The molecule has 1 saturated heterocycles. The van der Waals surface area contributed by atoms with Crippen LogP contribution < -0.4 is 5.32 Å². The standard InChI is InChI=1S/C15H26N4O.ClH/c1-11(2)12-5-7-19(8-6-12)15(20)14(16-3)13-9-17-18(4)10-13;/h9-12,14,16H,5-8H2,1-4H3;1H. The lowest BCUT2D eigenvalue weighted by Crippen LogP contribution is -2.44. The minimum atomic E-state index is -0.278. The third-order valence-corrected chi connectivity index (χ3v) is 4.39. The van der Waals surface area contributed by atoms with Crippen molar-refractivity contribution >= 4 is 18.3 Å². The zero-order valence-electron chi connectivity index (χ0n) is 13.4. The molecule has 1 unspecified atom stereocenters. The largest absolute Gasteiger partial charge is 0.341 e. The second-order valence-corrected chi connectivity index (χ2v) is 6.08. The van der Waals surface area contributed by atoms with Crippen LogP contribution in [-0.2, 0) is 11.8 Å². The Kier molecular flexibility index (Phi) is 6.68. The van der Waals surface area contributed by atoms with E-state index in [-0.39, 0.29) is 24.4 Å².